The molecule has 0 unspecified atom stereocenters. The Morgan fingerprint density at radius 1 is 1.23 bits per heavy atom. The Bertz CT molecular complexity index is 818. The van der Waals surface area contributed by atoms with Gasteiger partial charge in [-0.15, -0.1) is 0 Å². The van der Waals surface area contributed by atoms with Gasteiger partial charge in [0.05, 0.1) is 5.69 Å². The van der Waals surface area contributed by atoms with Crippen LogP contribution in [0, 0.1) is 12.7 Å². The molecule has 1 aromatic carbocycles. The van der Waals surface area contributed by atoms with Gasteiger partial charge >= 0.3 is 0 Å². The largest absolute Gasteiger partial charge is 0.451 e. The lowest BCUT2D eigenvalue weighted by Gasteiger charge is -2.02. The quantitative estimate of drug-likeness (QED) is 0.806. The molecule has 0 spiro atoms. The van der Waals surface area contributed by atoms with Crippen LogP contribution in [0.4, 0.5) is 10.2 Å². The maximum absolute atomic E-state index is 12.9. The fourth-order valence-corrected chi connectivity index (χ4v) is 2.13. The van der Waals surface area contributed by atoms with Gasteiger partial charge in [-0.25, -0.2) is 4.39 Å². The van der Waals surface area contributed by atoms with Crippen LogP contribution in [0.3, 0.4) is 0 Å². The predicted octanol–water partition coefficient (Wildman–Crippen LogP) is 3.38. The second-order valence-corrected chi connectivity index (χ2v) is 4.92. The number of benzene rings is 1. The summed E-state index contributed by atoms with van der Waals surface area (Å²) in [7, 11) is 1.74. The first-order chi connectivity index (χ1) is 10.5. The standard InChI is InChI=1S/C16H14FN3O2/c1-10-9-15(20(2)19-10)18-16(21)14-8-7-13(22-14)11-3-5-12(17)6-4-11/h3-9H,1-2H3,(H,18,21). The summed E-state index contributed by atoms with van der Waals surface area (Å²) in [4.78, 5) is 12.2. The third kappa shape index (κ3) is 2.76. The molecular weight excluding hydrogens is 285 g/mol. The van der Waals surface area contributed by atoms with Crippen LogP contribution in [0.1, 0.15) is 16.2 Å². The number of aryl methyl sites for hydroxylation is 2. The molecule has 0 aliphatic heterocycles. The minimum absolute atomic E-state index is 0.179. The Labute approximate surface area is 126 Å². The number of nitrogens with one attached hydrogen (secondary N) is 1. The van der Waals surface area contributed by atoms with Crippen molar-refractivity contribution in [3.63, 3.8) is 0 Å². The number of hydrogen-bond donors (Lipinski definition) is 1. The number of carbonyl (C=O) groups excluding carboxylic acids is 1. The molecule has 2 heterocycles. The van der Waals surface area contributed by atoms with Crippen LogP contribution in [0.15, 0.2) is 46.9 Å². The average Bonchev–Trinajstić information content (AvgIpc) is 3.07. The minimum Gasteiger partial charge on any atom is -0.451 e. The van der Waals surface area contributed by atoms with E-state index < -0.39 is 0 Å². The Hall–Kier alpha value is -2.89. The van der Waals surface area contributed by atoms with Crippen molar-refractivity contribution in [3.05, 3.63) is 59.7 Å². The number of halogens is 1. The molecule has 1 N–H and O–H groups in total. The molecule has 0 saturated carbocycles. The van der Waals surface area contributed by atoms with Crippen molar-refractivity contribution in [3.8, 4) is 11.3 Å². The SMILES string of the molecule is Cc1cc(NC(=O)c2ccc(-c3ccc(F)cc3)o2)n(C)n1. The fraction of sp³-hybridized carbons (Fsp3) is 0.125. The van der Waals surface area contributed by atoms with Crippen molar-refractivity contribution < 1.29 is 13.6 Å². The Morgan fingerprint density at radius 2 is 1.95 bits per heavy atom. The number of hydrogen-bond acceptors (Lipinski definition) is 3. The van der Waals surface area contributed by atoms with Crippen molar-refractivity contribution in [1.82, 2.24) is 9.78 Å². The molecule has 0 saturated heterocycles. The summed E-state index contributed by atoms with van der Waals surface area (Å²) in [6.45, 7) is 1.84. The summed E-state index contributed by atoms with van der Waals surface area (Å²) in [6.07, 6.45) is 0. The zero-order chi connectivity index (χ0) is 15.7. The number of nitrogens with zero attached hydrogens (tertiary/aromatic N) is 2. The molecule has 1 amide bonds. The van der Waals surface area contributed by atoms with Gasteiger partial charge in [0.25, 0.3) is 5.91 Å². The van der Waals surface area contributed by atoms with E-state index in [2.05, 4.69) is 10.4 Å². The van der Waals surface area contributed by atoms with Gasteiger partial charge in [0.1, 0.15) is 17.4 Å². The first-order valence-corrected chi connectivity index (χ1v) is 6.71. The second-order valence-electron chi connectivity index (χ2n) is 4.92. The molecule has 0 atom stereocenters. The maximum Gasteiger partial charge on any atom is 0.292 e. The summed E-state index contributed by atoms with van der Waals surface area (Å²) < 4.78 is 20.0. The zero-order valence-corrected chi connectivity index (χ0v) is 12.1. The van der Waals surface area contributed by atoms with E-state index in [1.54, 1.807) is 42.1 Å². The molecule has 3 rings (SSSR count). The summed E-state index contributed by atoms with van der Waals surface area (Å²) in [6, 6.07) is 10.9. The number of furan rings is 1. The van der Waals surface area contributed by atoms with Crippen LogP contribution in [0.2, 0.25) is 0 Å². The van der Waals surface area contributed by atoms with E-state index in [0.29, 0.717) is 17.1 Å². The molecule has 0 bridgehead atoms. The molecule has 2 aromatic heterocycles. The first-order valence-electron chi connectivity index (χ1n) is 6.71. The Kier molecular flexibility index (Phi) is 3.50. The van der Waals surface area contributed by atoms with E-state index in [1.807, 2.05) is 6.92 Å². The zero-order valence-electron chi connectivity index (χ0n) is 12.1. The molecular formula is C16H14FN3O2. The van der Waals surface area contributed by atoms with Crippen LogP contribution in [0.25, 0.3) is 11.3 Å². The van der Waals surface area contributed by atoms with Crippen molar-refractivity contribution in [2.45, 2.75) is 6.92 Å². The minimum atomic E-state index is -0.364. The van der Waals surface area contributed by atoms with Crippen LogP contribution in [-0.2, 0) is 7.05 Å². The van der Waals surface area contributed by atoms with Crippen LogP contribution in [0.5, 0.6) is 0 Å². The van der Waals surface area contributed by atoms with Gasteiger partial charge in [0, 0.05) is 18.7 Å². The molecule has 3 aromatic rings. The highest BCUT2D eigenvalue weighted by atomic mass is 19.1. The average molecular weight is 299 g/mol. The van der Waals surface area contributed by atoms with E-state index >= 15 is 0 Å². The van der Waals surface area contributed by atoms with Crippen LogP contribution < -0.4 is 5.32 Å². The summed E-state index contributed by atoms with van der Waals surface area (Å²) >= 11 is 0. The third-order valence-electron chi connectivity index (χ3n) is 3.20. The van der Waals surface area contributed by atoms with Crippen molar-refractivity contribution >= 4 is 11.7 Å². The lowest BCUT2D eigenvalue weighted by molar-refractivity contribution is 0.0996. The van der Waals surface area contributed by atoms with Gasteiger partial charge in [0.15, 0.2) is 5.76 Å². The van der Waals surface area contributed by atoms with Gasteiger partial charge in [0.2, 0.25) is 0 Å². The Morgan fingerprint density at radius 3 is 2.59 bits per heavy atom. The van der Waals surface area contributed by atoms with Crippen LogP contribution >= 0.6 is 0 Å². The number of aromatic nitrogens is 2. The van der Waals surface area contributed by atoms with Gasteiger partial charge < -0.3 is 9.73 Å². The van der Waals surface area contributed by atoms with E-state index in [0.717, 1.165) is 5.69 Å². The predicted molar refractivity (Wildman–Crippen MR) is 80.0 cm³/mol. The molecule has 0 aliphatic rings. The Balaban J connectivity index is 1.79. The topological polar surface area (TPSA) is 60.1 Å². The maximum atomic E-state index is 12.9. The van der Waals surface area contributed by atoms with E-state index in [4.69, 9.17) is 4.42 Å². The molecule has 5 nitrogen and oxygen atoms in total. The van der Waals surface area contributed by atoms with Gasteiger partial charge in [-0.05, 0) is 43.3 Å². The normalized spacial score (nSPS) is 10.7. The van der Waals surface area contributed by atoms with E-state index in [1.165, 1.54) is 12.1 Å². The van der Waals surface area contributed by atoms with Crippen molar-refractivity contribution in [1.29, 1.82) is 0 Å². The molecule has 0 aliphatic carbocycles. The van der Waals surface area contributed by atoms with E-state index in [9.17, 15) is 9.18 Å². The van der Waals surface area contributed by atoms with Crippen LogP contribution in [-0.4, -0.2) is 15.7 Å². The number of rotatable bonds is 3. The number of amides is 1. The van der Waals surface area contributed by atoms with Crippen molar-refractivity contribution in [2.24, 2.45) is 7.05 Å². The van der Waals surface area contributed by atoms with Gasteiger partial charge in [-0.2, -0.15) is 5.10 Å². The summed E-state index contributed by atoms with van der Waals surface area (Å²) in [5.74, 6) is 0.586. The van der Waals surface area contributed by atoms with Gasteiger partial charge in [-0.3, -0.25) is 9.48 Å². The monoisotopic (exact) mass is 299 g/mol. The number of anilines is 1. The molecule has 6 heteroatoms. The van der Waals surface area contributed by atoms with Crippen molar-refractivity contribution in [2.75, 3.05) is 5.32 Å². The number of carbonyl (C=O) groups is 1. The highest BCUT2D eigenvalue weighted by molar-refractivity contribution is 6.02. The van der Waals surface area contributed by atoms with Gasteiger partial charge in [-0.1, -0.05) is 0 Å². The third-order valence-corrected chi connectivity index (χ3v) is 3.20. The molecule has 0 fully saturated rings. The smallest absolute Gasteiger partial charge is 0.292 e. The molecule has 0 radical (unpaired) electrons. The highest BCUT2D eigenvalue weighted by Gasteiger charge is 2.14. The highest BCUT2D eigenvalue weighted by Crippen LogP contribution is 2.23. The van der Waals surface area contributed by atoms with E-state index in [-0.39, 0.29) is 17.5 Å². The molecule has 22 heavy (non-hydrogen) atoms. The summed E-state index contributed by atoms with van der Waals surface area (Å²) in [5, 5.41) is 6.88. The molecule has 112 valence electrons. The fourth-order valence-electron chi connectivity index (χ4n) is 2.13. The summed E-state index contributed by atoms with van der Waals surface area (Å²) in [5.41, 5.74) is 1.51. The first kappa shape index (κ1) is 14.1. The lowest BCUT2D eigenvalue weighted by atomic mass is 10.2. The lowest BCUT2D eigenvalue weighted by Crippen LogP contribution is -2.13. The second kappa shape index (κ2) is 5.48.